The molecule has 0 unspecified atom stereocenters. The van der Waals surface area contributed by atoms with E-state index in [0.717, 1.165) is 6.42 Å². The summed E-state index contributed by atoms with van der Waals surface area (Å²) in [7, 11) is -4.88. The third-order valence-corrected chi connectivity index (χ3v) is 9.03. The van der Waals surface area contributed by atoms with Gasteiger partial charge in [0, 0.05) is 6.42 Å². The number of nitrogens with two attached hydrogens (primary N) is 2. The number of nitrogens with one attached hydrogen (secondary N) is 6. The first-order valence-corrected chi connectivity index (χ1v) is 19.7. The first-order valence-electron chi connectivity index (χ1n) is 18.1. The molecule has 2 rings (SSSR count). The fourth-order valence-electron chi connectivity index (χ4n) is 5.75. The summed E-state index contributed by atoms with van der Waals surface area (Å²) >= 11 is 0. The summed E-state index contributed by atoms with van der Waals surface area (Å²) < 4.78 is 15.9. The second-order valence-electron chi connectivity index (χ2n) is 13.7. The molecule has 55 heavy (non-hydrogen) atoms. The Kier molecular flexibility index (Phi) is 19.2. The summed E-state index contributed by atoms with van der Waals surface area (Å²) in [6.07, 6.45) is 1.49. The van der Waals surface area contributed by atoms with E-state index in [4.69, 9.17) is 21.3 Å². The van der Waals surface area contributed by atoms with Gasteiger partial charge in [-0.05, 0) is 81.6 Å². The maximum absolute atomic E-state index is 14.0. The zero-order valence-corrected chi connectivity index (χ0v) is 32.1. The molecule has 0 aromatic heterocycles. The molecule has 1 heterocycles. The molecule has 0 aliphatic carbocycles. The first kappa shape index (κ1) is 46.5. The van der Waals surface area contributed by atoms with Gasteiger partial charge in [0.05, 0.1) is 12.5 Å². The van der Waals surface area contributed by atoms with Crippen LogP contribution in [0.1, 0.15) is 77.7 Å². The summed E-state index contributed by atoms with van der Waals surface area (Å²) in [5.41, 5.74) is 11.4. The quantitative estimate of drug-likeness (QED) is 0.0416. The monoisotopic (exact) mass is 798 g/mol. The van der Waals surface area contributed by atoms with Crippen LogP contribution >= 0.6 is 7.82 Å². The highest BCUT2D eigenvalue weighted by Crippen LogP contribution is 2.37. The largest absolute Gasteiger partial charge is 0.524 e. The van der Waals surface area contributed by atoms with Crippen LogP contribution in [0, 0.1) is 5.92 Å². The highest BCUT2D eigenvalue weighted by Gasteiger charge is 2.34. The number of carbonyl (C=O) groups is 7. The average Bonchev–Trinajstić information content (AvgIpc) is 3.64. The van der Waals surface area contributed by atoms with Crippen molar-refractivity contribution in [2.45, 2.75) is 115 Å². The topological polar surface area (TPSA) is 331 Å². The van der Waals surface area contributed by atoms with E-state index in [1.54, 1.807) is 20.8 Å². The highest BCUT2D eigenvalue weighted by molar-refractivity contribution is 7.46. The van der Waals surface area contributed by atoms with Crippen LogP contribution < -0.4 is 47.9 Å². The highest BCUT2D eigenvalue weighted by atomic mass is 31.2. The van der Waals surface area contributed by atoms with Crippen LogP contribution in [0.2, 0.25) is 0 Å². The number of benzene rings is 1. The Morgan fingerprint density at radius 3 is 1.95 bits per heavy atom. The molecule has 6 atom stereocenters. The standard InChI is InChI=1S/C34H55N8O12P/c1-4-22(34(49)50)38-31(46)25(16-19(2)3)40-30(45)24(8-5-6-14-35)39-32(47)26(17-20-10-12-21(13-11-20)54-55(51,52)53)41-33(48)27(18-28(36)43)42-29(44)23-9-7-15-37-23/h10-13,19,22-27,37H,4-9,14-18,35H2,1-3H3,(H2,36,43)(H,38,46)(H,39,47)(H,40,45)(H,41,48)(H,42,44)(H,49,50)(H2,51,52,53)/t22-,23-,24-,25-,26-,27-/m0/s1. The number of carboxylic acids is 1. The zero-order chi connectivity index (χ0) is 41.3. The van der Waals surface area contributed by atoms with E-state index in [2.05, 4.69) is 36.4 Å². The van der Waals surface area contributed by atoms with E-state index in [1.165, 1.54) is 24.3 Å². The van der Waals surface area contributed by atoms with Gasteiger partial charge in [-0.2, -0.15) is 0 Å². The molecule has 0 spiro atoms. The summed E-state index contributed by atoms with van der Waals surface area (Å²) in [4.78, 5) is 109. The molecule has 1 aromatic carbocycles. The van der Waals surface area contributed by atoms with Gasteiger partial charge in [-0.1, -0.05) is 32.9 Å². The predicted octanol–water partition coefficient (Wildman–Crippen LogP) is -1.58. The molecule has 6 amide bonds. The molecule has 13 N–H and O–H groups in total. The maximum atomic E-state index is 14.0. The van der Waals surface area contributed by atoms with Crippen molar-refractivity contribution < 1.29 is 57.5 Å². The van der Waals surface area contributed by atoms with Gasteiger partial charge in [-0.3, -0.25) is 38.6 Å². The van der Waals surface area contributed by atoms with E-state index in [-0.39, 0.29) is 43.9 Å². The van der Waals surface area contributed by atoms with Gasteiger partial charge < -0.3 is 53.0 Å². The number of hydrogen-bond acceptors (Lipinski definition) is 11. The van der Waals surface area contributed by atoms with Gasteiger partial charge in [0.25, 0.3) is 0 Å². The van der Waals surface area contributed by atoms with Gasteiger partial charge in [0.15, 0.2) is 0 Å². The predicted molar refractivity (Wildman–Crippen MR) is 198 cm³/mol. The van der Waals surface area contributed by atoms with Crippen molar-refractivity contribution in [3.8, 4) is 5.75 Å². The fraction of sp³-hybridized carbons (Fsp3) is 0.618. The van der Waals surface area contributed by atoms with Crippen molar-refractivity contribution in [1.82, 2.24) is 31.9 Å². The Morgan fingerprint density at radius 2 is 1.42 bits per heavy atom. The molecular formula is C34H55N8O12P. The number of unbranched alkanes of at least 4 members (excludes halogenated alkanes) is 1. The minimum absolute atomic E-state index is 0.0569. The molecule has 1 saturated heterocycles. The van der Waals surface area contributed by atoms with Crippen molar-refractivity contribution >= 4 is 49.2 Å². The van der Waals surface area contributed by atoms with Crippen molar-refractivity contribution in [2.75, 3.05) is 13.1 Å². The van der Waals surface area contributed by atoms with Crippen LogP contribution in [-0.4, -0.2) is 106 Å². The van der Waals surface area contributed by atoms with Crippen molar-refractivity contribution in [3.05, 3.63) is 29.8 Å². The molecule has 20 nitrogen and oxygen atoms in total. The summed E-state index contributed by atoms with van der Waals surface area (Å²) in [5, 5.41) is 25.2. The number of phosphoric ester groups is 1. The molecule has 0 radical (unpaired) electrons. The van der Waals surface area contributed by atoms with Crippen LogP contribution in [0.25, 0.3) is 0 Å². The van der Waals surface area contributed by atoms with E-state index in [1.807, 2.05) is 0 Å². The third-order valence-electron chi connectivity index (χ3n) is 8.58. The summed E-state index contributed by atoms with van der Waals surface area (Å²) in [6.45, 7) is 6.04. The molecule has 0 saturated carbocycles. The van der Waals surface area contributed by atoms with E-state index < -0.39 is 91.9 Å². The summed E-state index contributed by atoms with van der Waals surface area (Å²) in [6, 6.07) is -1.95. The lowest BCUT2D eigenvalue weighted by molar-refractivity contribution is -0.142. The SMILES string of the molecule is CC[C@H](NC(=O)[C@H](CC(C)C)NC(=O)[C@H](CCCCN)NC(=O)[C@H](Cc1ccc(OP(=O)(O)O)cc1)NC(=O)[C@H](CC(N)=O)NC(=O)[C@@H]1CCCN1)C(=O)O. The lowest BCUT2D eigenvalue weighted by Gasteiger charge is -2.27. The molecule has 1 aliphatic rings. The summed E-state index contributed by atoms with van der Waals surface area (Å²) in [5.74, 6) is -6.30. The Bertz CT molecular complexity index is 1530. The molecule has 0 bridgehead atoms. The van der Waals surface area contributed by atoms with E-state index >= 15 is 0 Å². The number of aliphatic carboxylic acids is 1. The Hall–Kier alpha value is -4.62. The number of carboxylic acid groups (broad SMARTS) is 1. The lowest BCUT2D eigenvalue weighted by atomic mass is 10.0. The fourth-order valence-corrected chi connectivity index (χ4v) is 6.15. The van der Waals surface area contributed by atoms with E-state index in [9.17, 15) is 43.2 Å². The van der Waals surface area contributed by atoms with Crippen molar-refractivity contribution in [1.29, 1.82) is 0 Å². The first-order chi connectivity index (χ1) is 25.8. The van der Waals surface area contributed by atoms with Crippen LogP contribution in [0.5, 0.6) is 5.75 Å². The van der Waals surface area contributed by atoms with Gasteiger partial charge in [0.1, 0.15) is 36.0 Å². The van der Waals surface area contributed by atoms with Crippen molar-refractivity contribution in [3.63, 3.8) is 0 Å². The molecular weight excluding hydrogens is 743 g/mol. The van der Waals surface area contributed by atoms with Gasteiger partial charge >= 0.3 is 13.8 Å². The smallest absolute Gasteiger partial charge is 0.480 e. The van der Waals surface area contributed by atoms with Crippen LogP contribution in [0.4, 0.5) is 0 Å². The van der Waals surface area contributed by atoms with Gasteiger partial charge in [0.2, 0.25) is 35.4 Å². The number of hydrogen-bond donors (Lipinski definition) is 11. The molecule has 21 heteroatoms. The van der Waals surface area contributed by atoms with Crippen LogP contribution in [0.3, 0.4) is 0 Å². The zero-order valence-electron chi connectivity index (χ0n) is 31.2. The van der Waals surface area contributed by atoms with Crippen LogP contribution in [-0.2, 0) is 44.5 Å². The average molecular weight is 799 g/mol. The normalized spacial score (nSPS) is 16.8. The van der Waals surface area contributed by atoms with Gasteiger partial charge in [-0.25, -0.2) is 9.36 Å². The molecule has 1 aliphatic heterocycles. The molecule has 308 valence electrons. The third kappa shape index (κ3) is 17.2. The Balaban J connectivity index is 2.43. The number of phosphoric acid groups is 1. The van der Waals surface area contributed by atoms with Crippen molar-refractivity contribution in [2.24, 2.45) is 17.4 Å². The lowest BCUT2D eigenvalue weighted by Crippen LogP contribution is -2.60. The van der Waals surface area contributed by atoms with Crippen LogP contribution in [0.15, 0.2) is 24.3 Å². The molecule has 1 fully saturated rings. The number of rotatable bonds is 24. The number of primary amides is 1. The Morgan fingerprint density at radius 1 is 0.855 bits per heavy atom. The second-order valence-corrected chi connectivity index (χ2v) is 14.9. The number of amides is 6. The maximum Gasteiger partial charge on any atom is 0.524 e. The van der Waals surface area contributed by atoms with Gasteiger partial charge in [-0.15, -0.1) is 0 Å². The molecule has 1 aromatic rings. The second kappa shape index (κ2) is 22.7. The number of carbonyl (C=O) groups excluding carboxylic acids is 6. The minimum Gasteiger partial charge on any atom is -0.480 e. The Labute approximate surface area is 319 Å². The van der Waals surface area contributed by atoms with E-state index in [0.29, 0.717) is 31.4 Å². The minimum atomic E-state index is -4.88.